The zero-order valence-corrected chi connectivity index (χ0v) is 17.7. The third-order valence-electron chi connectivity index (χ3n) is 7.26. The summed E-state index contributed by atoms with van der Waals surface area (Å²) >= 11 is 0. The summed E-state index contributed by atoms with van der Waals surface area (Å²) in [4.78, 5) is 13.1. The fourth-order valence-corrected chi connectivity index (χ4v) is 6.51. The Morgan fingerprint density at radius 1 is 0.867 bits per heavy atom. The van der Waals surface area contributed by atoms with E-state index in [1.807, 2.05) is 18.2 Å². The zero-order valence-electron chi connectivity index (χ0n) is 17.7. The van der Waals surface area contributed by atoms with Crippen LogP contribution in [0, 0.1) is 17.8 Å². The summed E-state index contributed by atoms with van der Waals surface area (Å²) in [5.74, 6) is 3.39. The molecule has 30 heavy (non-hydrogen) atoms. The fraction of sp³-hybridized carbons (Fsp3) is 0.480. The molecule has 1 amide bonds. The average Bonchev–Trinajstić information content (AvgIpc) is 2.73. The predicted octanol–water partition coefficient (Wildman–Crippen LogP) is 5.34. The third-order valence-corrected chi connectivity index (χ3v) is 7.26. The van der Waals surface area contributed by atoms with Crippen LogP contribution in [0.3, 0.4) is 0 Å². The van der Waals surface area contributed by atoms with Gasteiger partial charge in [0, 0.05) is 5.54 Å². The lowest BCUT2D eigenvalue weighted by molar-refractivity contribution is 0.0107. The first-order valence-corrected chi connectivity index (χ1v) is 11.0. The Hall–Kier alpha value is -2.69. The summed E-state index contributed by atoms with van der Waals surface area (Å²) in [6.07, 6.45) is 8.00. The first kappa shape index (κ1) is 19.3. The molecule has 4 aliphatic rings. The number of carbonyl (C=O) groups excluding carboxylic acids is 1. The number of nitrogens with one attached hydrogen (secondary N) is 2. The maximum Gasteiger partial charge on any atom is 0.259 e. The van der Waals surface area contributed by atoms with Crippen LogP contribution >= 0.6 is 0 Å². The van der Waals surface area contributed by atoms with Gasteiger partial charge >= 0.3 is 0 Å². The van der Waals surface area contributed by atoms with Crippen molar-refractivity contribution in [3.05, 3.63) is 48.0 Å². The van der Waals surface area contributed by atoms with Gasteiger partial charge in [0.2, 0.25) is 0 Å². The molecule has 5 nitrogen and oxygen atoms in total. The molecule has 0 radical (unpaired) electrons. The molecule has 0 aliphatic heterocycles. The lowest BCUT2D eigenvalue weighted by Gasteiger charge is -2.57. The molecule has 6 rings (SSSR count). The molecule has 2 aromatic rings. The van der Waals surface area contributed by atoms with Gasteiger partial charge in [-0.2, -0.15) is 0 Å². The summed E-state index contributed by atoms with van der Waals surface area (Å²) in [6, 6.07) is 13.4. The Labute approximate surface area is 178 Å². The maximum atomic E-state index is 13.1. The van der Waals surface area contributed by atoms with Crippen LogP contribution < -0.4 is 20.1 Å². The van der Waals surface area contributed by atoms with Crippen molar-refractivity contribution < 1.29 is 14.3 Å². The topological polar surface area (TPSA) is 59.6 Å². The molecular formula is C25H30N2O3. The van der Waals surface area contributed by atoms with E-state index in [0.717, 1.165) is 29.1 Å². The van der Waals surface area contributed by atoms with Crippen LogP contribution in [0.4, 0.5) is 11.4 Å². The number of methoxy groups -OCH3 is 2. The second-order valence-corrected chi connectivity index (χ2v) is 9.36. The number of hydrogen-bond acceptors (Lipinski definition) is 4. The van der Waals surface area contributed by atoms with Crippen molar-refractivity contribution in [2.45, 2.75) is 44.1 Å². The molecule has 0 atom stereocenters. The van der Waals surface area contributed by atoms with E-state index >= 15 is 0 Å². The van der Waals surface area contributed by atoms with E-state index in [1.165, 1.54) is 38.5 Å². The summed E-state index contributed by atoms with van der Waals surface area (Å²) in [5.41, 5.74) is 2.46. The quantitative estimate of drug-likeness (QED) is 0.680. The van der Waals surface area contributed by atoms with E-state index in [9.17, 15) is 4.79 Å². The van der Waals surface area contributed by atoms with E-state index < -0.39 is 0 Å². The molecule has 2 aromatic carbocycles. The van der Waals surface area contributed by atoms with Crippen LogP contribution in [0.25, 0.3) is 0 Å². The summed E-state index contributed by atoms with van der Waals surface area (Å²) < 4.78 is 10.8. The van der Waals surface area contributed by atoms with Crippen molar-refractivity contribution in [1.82, 2.24) is 0 Å². The van der Waals surface area contributed by atoms with Crippen molar-refractivity contribution in [3.63, 3.8) is 0 Å². The van der Waals surface area contributed by atoms with Crippen molar-refractivity contribution in [2.75, 3.05) is 24.9 Å². The Balaban J connectivity index is 1.39. The monoisotopic (exact) mass is 406 g/mol. The highest BCUT2D eigenvalue weighted by atomic mass is 16.5. The van der Waals surface area contributed by atoms with Crippen LogP contribution in [-0.2, 0) is 0 Å². The highest BCUT2D eigenvalue weighted by molar-refractivity contribution is 6.08. The van der Waals surface area contributed by atoms with Crippen LogP contribution in [0.1, 0.15) is 48.9 Å². The first-order valence-electron chi connectivity index (χ1n) is 11.0. The Morgan fingerprint density at radius 3 is 2.10 bits per heavy atom. The number of para-hydroxylation sites is 3. The first-order chi connectivity index (χ1) is 14.6. The molecule has 0 spiro atoms. The van der Waals surface area contributed by atoms with E-state index in [0.29, 0.717) is 17.1 Å². The number of anilines is 2. The van der Waals surface area contributed by atoms with Gasteiger partial charge in [0.25, 0.3) is 5.91 Å². The standard InChI is InChI=1S/C25H30N2O3/c1-29-22-9-5-6-19(23(22)30-2)24(28)26-20-7-3-4-8-21(20)27-25-13-16-10-17(14-25)12-18(11-16)15-25/h3-9,16-18,27H,10-15H2,1-2H3,(H,26,28). The van der Waals surface area contributed by atoms with E-state index in [-0.39, 0.29) is 11.4 Å². The highest BCUT2D eigenvalue weighted by Gasteiger charge is 2.51. The second-order valence-electron chi connectivity index (χ2n) is 9.36. The van der Waals surface area contributed by atoms with Gasteiger partial charge in [-0.25, -0.2) is 0 Å². The minimum atomic E-state index is -0.203. The third kappa shape index (κ3) is 3.40. The second kappa shape index (κ2) is 7.53. The molecule has 4 aliphatic carbocycles. The van der Waals surface area contributed by atoms with Crippen molar-refractivity contribution in [3.8, 4) is 11.5 Å². The van der Waals surface area contributed by atoms with Crippen LogP contribution in [0.15, 0.2) is 42.5 Å². The largest absolute Gasteiger partial charge is 0.493 e. The van der Waals surface area contributed by atoms with Gasteiger partial charge in [-0.05, 0) is 80.5 Å². The molecule has 158 valence electrons. The smallest absolute Gasteiger partial charge is 0.259 e. The SMILES string of the molecule is COc1cccc(C(=O)Nc2ccccc2NC23CC4CC(CC(C4)C2)C3)c1OC. The van der Waals surface area contributed by atoms with E-state index in [1.54, 1.807) is 32.4 Å². The number of hydrogen-bond donors (Lipinski definition) is 2. The molecule has 2 N–H and O–H groups in total. The zero-order chi connectivity index (χ0) is 20.7. The number of ether oxygens (including phenoxy) is 2. The summed E-state index contributed by atoms with van der Waals surface area (Å²) in [6.45, 7) is 0. The average molecular weight is 407 g/mol. The van der Waals surface area contributed by atoms with Gasteiger partial charge in [0.1, 0.15) is 0 Å². The summed E-state index contributed by atoms with van der Waals surface area (Å²) in [5, 5.41) is 6.99. The van der Waals surface area contributed by atoms with Crippen molar-refractivity contribution in [1.29, 1.82) is 0 Å². The van der Waals surface area contributed by atoms with Crippen LogP contribution in [0.2, 0.25) is 0 Å². The summed E-state index contributed by atoms with van der Waals surface area (Å²) in [7, 11) is 3.13. The molecular weight excluding hydrogens is 376 g/mol. The highest BCUT2D eigenvalue weighted by Crippen LogP contribution is 2.56. The predicted molar refractivity (Wildman–Crippen MR) is 118 cm³/mol. The van der Waals surface area contributed by atoms with Gasteiger partial charge in [0.05, 0.1) is 31.2 Å². The van der Waals surface area contributed by atoms with Gasteiger partial charge in [-0.3, -0.25) is 4.79 Å². The molecule has 5 heteroatoms. The molecule has 0 aromatic heterocycles. The molecule has 4 saturated carbocycles. The number of carbonyl (C=O) groups is 1. The normalized spacial score (nSPS) is 28.8. The Kier molecular flexibility index (Phi) is 4.84. The molecule has 0 unspecified atom stereocenters. The van der Waals surface area contributed by atoms with Crippen molar-refractivity contribution in [2.24, 2.45) is 17.8 Å². The van der Waals surface area contributed by atoms with Crippen molar-refractivity contribution >= 4 is 17.3 Å². The number of rotatable bonds is 6. The fourth-order valence-electron chi connectivity index (χ4n) is 6.51. The van der Waals surface area contributed by atoms with Crippen LogP contribution in [0.5, 0.6) is 11.5 Å². The van der Waals surface area contributed by atoms with E-state index in [2.05, 4.69) is 16.7 Å². The van der Waals surface area contributed by atoms with Gasteiger partial charge < -0.3 is 20.1 Å². The lowest BCUT2D eigenvalue weighted by Crippen LogP contribution is -2.54. The minimum Gasteiger partial charge on any atom is -0.493 e. The van der Waals surface area contributed by atoms with Gasteiger partial charge in [0.15, 0.2) is 11.5 Å². The number of amides is 1. The minimum absolute atomic E-state index is 0.184. The Morgan fingerprint density at radius 2 is 1.50 bits per heavy atom. The lowest BCUT2D eigenvalue weighted by atomic mass is 9.53. The van der Waals surface area contributed by atoms with E-state index in [4.69, 9.17) is 9.47 Å². The Bertz CT molecular complexity index is 920. The maximum absolute atomic E-state index is 13.1. The number of benzene rings is 2. The molecule has 4 fully saturated rings. The molecule has 0 heterocycles. The van der Waals surface area contributed by atoms with Gasteiger partial charge in [-0.15, -0.1) is 0 Å². The molecule has 0 saturated heterocycles. The van der Waals surface area contributed by atoms with Gasteiger partial charge in [-0.1, -0.05) is 18.2 Å². The van der Waals surface area contributed by atoms with Crippen LogP contribution in [-0.4, -0.2) is 25.7 Å². The molecule has 4 bridgehead atoms.